The van der Waals surface area contributed by atoms with Gasteiger partial charge in [0, 0.05) is 24.2 Å². The van der Waals surface area contributed by atoms with Crippen molar-refractivity contribution >= 4 is 11.8 Å². The number of likely N-dealkylation sites (tertiary alicyclic amines) is 1. The van der Waals surface area contributed by atoms with Gasteiger partial charge in [-0.3, -0.25) is 14.8 Å². The van der Waals surface area contributed by atoms with Gasteiger partial charge in [0.15, 0.2) is 0 Å². The fourth-order valence-electron chi connectivity index (χ4n) is 4.55. The van der Waals surface area contributed by atoms with E-state index in [0.717, 1.165) is 11.6 Å². The van der Waals surface area contributed by atoms with Gasteiger partial charge in [0.05, 0.1) is 11.0 Å². The number of nitrogens with one attached hydrogen (secondary N) is 1. The lowest BCUT2D eigenvalue weighted by molar-refractivity contribution is -0.140. The standard InChI is InChI=1S/C21H18F4N2O3/c22-17-13(4-2-6-16(17)21(23,24)25)11-27-8-7-20(19(27)29)9-12-3-1-5-14(15(12)10-20)18(28)26-30/h1-6,30H,7-11H2,(H,26,28). The van der Waals surface area contributed by atoms with Crippen LogP contribution in [0.5, 0.6) is 0 Å². The van der Waals surface area contributed by atoms with E-state index in [9.17, 15) is 27.2 Å². The third-order valence-corrected chi connectivity index (χ3v) is 6.01. The van der Waals surface area contributed by atoms with Crippen molar-refractivity contribution in [3.63, 3.8) is 0 Å². The van der Waals surface area contributed by atoms with Gasteiger partial charge in [-0.2, -0.15) is 13.2 Å². The third kappa shape index (κ3) is 3.23. The zero-order chi connectivity index (χ0) is 21.7. The highest BCUT2D eigenvalue weighted by molar-refractivity contribution is 5.96. The molecule has 1 saturated heterocycles. The molecule has 2 aromatic rings. The van der Waals surface area contributed by atoms with Gasteiger partial charge in [-0.15, -0.1) is 0 Å². The summed E-state index contributed by atoms with van der Waals surface area (Å²) < 4.78 is 53.3. The lowest BCUT2D eigenvalue weighted by Crippen LogP contribution is -2.35. The minimum absolute atomic E-state index is 0.189. The number of alkyl halides is 3. The molecule has 0 bridgehead atoms. The number of hydrogen-bond acceptors (Lipinski definition) is 3. The van der Waals surface area contributed by atoms with Gasteiger partial charge in [-0.25, -0.2) is 9.87 Å². The van der Waals surface area contributed by atoms with Gasteiger partial charge in [0.1, 0.15) is 5.82 Å². The first-order valence-corrected chi connectivity index (χ1v) is 9.35. The predicted molar refractivity (Wildman–Crippen MR) is 97.0 cm³/mol. The summed E-state index contributed by atoms with van der Waals surface area (Å²) in [7, 11) is 0. The monoisotopic (exact) mass is 422 g/mol. The Labute approximate surface area is 169 Å². The van der Waals surface area contributed by atoms with Crippen molar-refractivity contribution in [2.45, 2.75) is 32.0 Å². The molecule has 1 fully saturated rings. The lowest BCUT2D eigenvalue weighted by atomic mass is 9.83. The molecule has 2 aliphatic rings. The number of amides is 2. The summed E-state index contributed by atoms with van der Waals surface area (Å²) in [6.45, 7) is 0.0285. The SMILES string of the molecule is O=C(NO)c1cccc2c1CC1(CCN(Cc3cccc(C(F)(F)F)c3F)C1=O)C2. The van der Waals surface area contributed by atoms with E-state index in [2.05, 4.69) is 0 Å². The largest absolute Gasteiger partial charge is 0.419 e. The maximum atomic E-state index is 14.4. The molecular weight excluding hydrogens is 404 g/mol. The zero-order valence-electron chi connectivity index (χ0n) is 15.7. The first kappa shape index (κ1) is 20.3. The van der Waals surface area contributed by atoms with Gasteiger partial charge in [0.2, 0.25) is 5.91 Å². The van der Waals surface area contributed by atoms with E-state index in [1.165, 1.54) is 11.0 Å². The highest BCUT2D eigenvalue weighted by Crippen LogP contribution is 2.46. The normalized spacial score (nSPS) is 20.7. The van der Waals surface area contributed by atoms with Crippen LogP contribution < -0.4 is 5.48 Å². The number of hydroxylamine groups is 1. The number of carbonyl (C=O) groups is 2. The number of benzene rings is 2. The molecule has 0 radical (unpaired) electrons. The predicted octanol–water partition coefficient (Wildman–Crippen LogP) is 3.48. The van der Waals surface area contributed by atoms with Crippen LogP contribution in [-0.4, -0.2) is 28.5 Å². The number of nitrogens with zero attached hydrogens (tertiary/aromatic N) is 1. The fraction of sp³-hybridized carbons (Fsp3) is 0.333. The second-order valence-corrected chi connectivity index (χ2v) is 7.77. The lowest BCUT2D eigenvalue weighted by Gasteiger charge is -2.23. The first-order chi connectivity index (χ1) is 14.2. The summed E-state index contributed by atoms with van der Waals surface area (Å²) in [4.78, 5) is 26.5. The Bertz CT molecular complexity index is 1040. The Hall–Kier alpha value is -2.94. The number of fused-ring (bicyclic) bond motifs is 1. The third-order valence-electron chi connectivity index (χ3n) is 6.01. The van der Waals surface area contributed by atoms with Crippen molar-refractivity contribution in [2.75, 3.05) is 6.54 Å². The topological polar surface area (TPSA) is 69.6 Å². The molecular formula is C21H18F4N2O3. The van der Waals surface area contributed by atoms with Crippen molar-refractivity contribution in [1.29, 1.82) is 0 Å². The fourth-order valence-corrected chi connectivity index (χ4v) is 4.55. The zero-order valence-corrected chi connectivity index (χ0v) is 15.7. The number of halogens is 4. The van der Waals surface area contributed by atoms with E-state index in [4.69, 9.17) is 5.21 Å². The summed E-state index contributed by atoms with van der Waals surface area (Å²) in [5, 5.41) is 8.95. The highest BCUT2D eigenvalue weighted by Gasteiger charge is 2.51. The molecule has 1 aliphatic heterocycles. The molecule has 0 aromatic heterocycles. The summed E-state index contributed by atoms with van der Waals surface area (Å²) >= 11 is 0. The van der Waals surface area contributed by atoms with Gasteiger partial charge >= 0.3 is 6.18 Å². The number of rotatable bonds is 3. The Balaban J connectivity index is 1.58. The van der Waals surface area contributed by atoms with Crippen molar-refractivity contribution in [3.05, 3.63) is 70.0 Å². The summed E-state index contributed by atoms with van der Waals surface area (Å²) in [5.41, 5.74) is 1.01. The van der Waals surface area contributed by atoms with Crippen molar-refractivity contribution in [1.82, 2.24) is 10.4 Å². The minimum Gasteiger partial charge on any atom is -0.338 e. The molecule has 0 saturated carbocycles. The van der Waals surface area contributed by atoms with Crippen molar-refractivity contribution < 1.29 is 32.4 Å². The molecule has 1 aliphatic carbocycles. The molecule has 1 heterocycles. The molecule has 5 nitrogen and oxygen atoms in total. The van der Waals surface area contributed by atoms with Crippen LogP contribution in [0.1, 0.15) is 39.0 Å². The molecule has 2 N–H and O–H groups in total. The molecule has 4 rings (SSSR count). The smallest absolute Gasteiger partial charge is 0.338 e. The number of hydrogen-bond donors (Lipinski definition) is 2. The molecule has 158 valence electrons. The number of carbonyl (C=O) groups excluding carboxylic acids is 2. The van der Waals surface area contributed by atoms with E-state index in [-0.39, 0.29) is 36.5 Å². The van der Waals surface area contributed by atoms with E-state index in [0.29, 0.717) is 24.5 Å². The Morgan fingerprint density at radius 2 is 1.90 bits per heavy atom. The van der Waals surface area contributed by atoms with Crippen LogP contribution in [0.2, 0.25) is 0 Å². The van der Waals surface area contributed by atoms with Crippen LogP contribution in [0.15, 0.2) is 36.4 Å². The molecule has 1 spiro atoms. The molecule has 1 atom stereocenters. The van der Waals surface area contributed by atoms with Crippen molar-refractivity contribution in [3.8, 4) is 0 Å². The van der Waals surface area contributed by atoms with Gasteiger partial charge < -0.3 is 4.90 Å². The van der Waals surface area contributed by atoms with E-state index in [1.807, 2.05) is 0 Å². The van der Waals surface area contributed by atoms with Crippen LogP contribution in [0, 0.1) is 11.2 Å². The average molecular weight is 422 g/mol. The van der Waals surface area contributed by atoms with E-state index in [1.54, 1.807) is 23.7 Å². The van der Waals surface area contributed by atoms with E-state index < -0.39 is 28.9 Å². The minimum atomic E-state index is -4.81. The molecule has 9 heteroatoms. The quantitative estimate of drug-likeness (QED) is 0.452. The molecule has 2 aromatic carbocycles. The van der Waals surface area contributed by atoms with Crippen LogP contribution in [0.3, 0.4) is 0 Å². The molecule has 30 heavy (non-hydrogen) atoms. The second-order valence-electron chi connectivity index (χ2n) is 7.77. The molecule has 2 amide bonds. The summed E-state index contributed by atoms with van der Waals surface area (Å²) in [6, 6.07) is 8.07. The first-order valence-electron chi connectivity index (χ1n) is 9.35. The van der Waals surface area contributed by atoms with Gasteiger partial charge in [-0.1, -0.05) is 24.3 Å². The highest BCUT2D eigenvalue weighted by atomic mass is 19.4. The van der Waals surface area contributed by atoms with Crippen molar-refractivity contribution in [2.24, 2.45) is 5.41 Å². The van der Waals surface area contributed by atoms with Crippen LogP contribution in [-0.2, 0) is 30.4 Å². The summed E-state index contributed by atoms with van der Waals surface area (Å²) in [6.07, 6.45) is -3.70. The maximum Gasteiger partial charge on any atom is 0.419 e. The van der Waals surface area contributed by atoms with Crippen LogP contribution in [0.4, 0.5) is 17.6 Å². The Kier molecular flexibility index (Phi) is 4.80. The summed E-state index contributed by atoms with van der Waals surface area (Å²) in [5.74, 6) is -2.31. The maximum absolute atomic E-state index is 14.4. The Morgan fingerprint density at radius 3 is 2.60 bits per heavy atom. The van der Waals surface area contributed by atoms with Crippen LogP contribution in [0.25, 0.3) is 0 Å². The average Bonchev–Trinajstić information content (AvgIpc) is 3.22. The second kappa shape index (κ2) is 7.09. The van der Waals surface area contributed by atoms with E-state index >= 15 is 0 Å². The Morgan fingerprint density at radius 1 is 1.17 bits per heavy atom. The molecule has 1 unspecified atom stereocenters. The van der Waals surface area contributed by atoms with Crippen LogP contribution >= 0.6 is 0 Å². The van der Waals surface area contributed by atoms with Gasteiger partial charge in [0.25, 0.3) is 5.91 Å². The van der Waals surface area contributed by atoms with Gasteiger partial charge in [-0.05, 0) is 42.5 Å².